The third-order valence-electron chi connectivity index (χ3n) is 10.8. The first-order valence-electron chi connectivity index (χ1n) is 22.6. The number of aromatic nitrogens is 3. The second kappa shape index (κ2) is 27.9. The van der Waals surface area contributed by atoms with Crippen LogP contribution in [0.25, 0.3) is 21.9 Å². The van der Waals surface area contributed by atoms with Gasteiger partial charge in [-0.15, -0.1) is 0 Å². The predicted octanol–water partition coefficient (Wildman–Crippen LogP) is 9.34. The number of anilines is 1. The van der Waals surface area contributed by atoms with Crippen molar-refractivity contribution in [3.63, 3.8) is 0 Å². The molecular formula is C46H80N6O4. The number of hydrogen-bond donors (Lipinski definition) is 4. The van der Waals surface area contributed by atoms with E-state index in [1.165, 1.54) is 64.2 Å². The number of nitrogens with one attached hydrogen (secondary N) is 1. The molecule has 4 N–H and O–H groups in total. The summed E-state index contributed by atoms with van der Waals surface area (Å²) in [6.45, 7) is 15.8. The van der Waals surface area contributed by atoms with E-state index in [2.05, 4.69) is 58.4 Å². The van der Waals surface area contributed by atoms with Crippen LogP contribution < -0.4 is 5.32 Å². The quantitative estimate of drug-likeness (QED) is 0.0451. The summed E-state index contributed by atoms with van der Waals surface area (Å²) in [6.07, 6.45) is 20.8. The van der Waals surface area contributed by atoms with Crippen LogP contribution in [0.3, 0.4) is 0 Å². The van der Waals surface area contributed by atoms with E-state index in [1.54, 1.807) is 0 Å². The standard InChI is InChI=1S/C46H80N6O4/c1-6-8-10-12-14-17-24-39(54)34-50(30-23-31-51(33-38(5)53)35-40(55)25-18-15-13-11-9-7-2)29-22-16-19-28-43(56)49-46-44-45(52(36-47-44)32-37(3)4)41-26-20-21-27-42(41)48-46/h20-21,26-27,36-40,53-55H,6-19,22-25,28-35H2,1-5H3,(H,48,49,56). The smallest absolute Gasteiger partial charge is 0.225 e. The minimum atomic E-state index is -0.450. The molecule has 0 saturated carbocycles. The molecule has 1 aromatic carbocycles. The van der Waals surface area contributed by atoms with Crippen molar-refractivity contribution in [3.05, 3.63) is 30.6 Å². The van der Waals surface area contributed by atoms with Gasteiger partial charge >= 0.3 is 0 Å². The molecule has 10 nitrogen and oxygen atoms in total. The normalized spacial score (nSPS) is 13.8. The SMILES string of the molecule is CCCCCCCCC(O)CN(CCCCCC(=O)Nc1nc2ccccc2c2c1ncn2CC(C)C)CCCN(CC(C)O)CC(O)CCCCCCCC. The molecule has 1 amide bonds. The molecule has 0 aliphatic carbocycles. The number of aliphatic hydroxyl groups excluding tert-OH is 3. The first-order valence-corrected chi connectivity index (χ1v) is 22.6. The van der Waals surface area contributed by atoms with Gasteiger partial charge in [0.15, 0.2) is 5.82 Å². The zero-order valence-corrected chi connectivity index (χ0v) is 36.1. The summed E-state index contributed by atoms with van der Waals surface area (Å²) in [6, 6.07) is 8.04. The van der Waals surface area contributed by atoms with Crippen molar-refractivity contribution >= 4 is 33.7 Å². The number of carbonyl (C=O) groups is 1. The first-order chi connectivity index (χ1) is 27.1. The monoisotopic (exact) mass is 781 g/mol. The highest BCUT2D eigenvalue weighted by atomic mass is 16.3. The lowest BCUT2D eigenvalue weighted by molar-refractivity contribution is -0.116. The second-order valence-electron chi connectivity index (χ2n) is 17.0. The Morgan fingerprint density at radius 1 is 0.714 bits per heavy atom. The van der Waals surface area contributed by atoms with Gasteiger partial charge in [-0.2, -0.15) is 0 Å². The summed E-state index contributed by atoms with van der Waals surface area (Å²) < 4.78 is 2.17. The minimum Gasteiger partial charge on any atom is -0.392 e. The van der Waals surface area contributed by atoms with Crippen molar-refractivity contribution in [3.8, 4) is 0 Å². The Morgan fingerprint density at radius 3 is 1.93 bits per heavy atom. The number of nitrogens with zero attached hydrogens (tertiary/aromatic N) is 5. The topological polar surface area (TPSA) is 127 Å². The molecule has 56 heavy (non-hydrogen) atoms. The molecule has 0 bridgehead atoms. The van der Waals surface area contributed by atoms with E-state index >= 15 is 0 Å². The van der Waals surface area contributed by atoms with Gasteiger partial charge in [0, 0.05) is 38.0 Å². The van der Waals surface area contributed by atoms with Gasteiger partial charge in [0.05, 0.1) is 35.7 Å². The lowest BCUT2D eigenvalue weighted by Crippen LogP contribution is -2.40. The van der Waals surface area contributed by atoms with Crippen molar-refractivity contribution in [2.45, 2.75) is 181 Å². The zero-order chi connectivity index (χ0) is 40.5. The fourth-order valence-corrected chi connectivity index (χ4v) is 7.94. The van der Waals surface area contributed by atoms with Crippen molar-refractivity contribution in [1.29, 1.82) is 0 Å². The van der Waals surface area contributed by atoms with Gasteiger partial charge < -0.3 is 30.1 Å². The lowest BCUT2D eigenvalue weighted by atomic mass is 10.1. The molecule has 0 spiro atoms. The van der Waals surface area contributed by atoms with Crippen molar-refractivity contribution < 1.29 is 20.1 Å². The van der Waals surface area contributed by atoms with Crippen LogP contribution in [-0.4, -0.2) is 103 Å². The number of benzene rings is 1. The average Bonchev–Trinajstić information content (AvgIpc) is 3.57. The first kappa shape index (κ1) is 47.7. The number of hydrogen-bond acceptors (Lipinski definition) is 8. The Balaban J connectivity index is 1.51. The van der Waals surface area contributed by atoms with E-state index in [9.17, 15) is 20.1 Å². The molecule has 0 fully saturated rings. The molecule has 10 heteroatoms. The van der Waals surface area contributed by atoms with Gasteiger partial charge in [-0.25, -0.2) is 9.97 Å². The van der Waals surface area contributed by atoms with Crippen LogP contribution in [-0.2, 0) is 11.3 Å². The van der Waals surface area contributed by atoms with E-state index in [1.807, 2.05) is 31.5 Å². The van der Waals surface area contributed by atoms with E-state index in [0.717, 1.165) is 99.5 Å². The summed E-state index contributed by atoms with van der Waals surface area (Å²) >= 11 is 0. The van der Waals surface area contributed by atoms with Gasteiger partial charge in [0.1, 0.15) is 5.52 Å². The lowest BCUT2D eigenvalue weighted by Gasteiger charge is -2.29. The van der Waals surface area contributed by atoms with Gasteiger partial charge in [-0.1, -0.05) is 129 Å². The third kappa shape index (κ3) is 18.8. The van der Waals surface area contributed by atoms with Gasteiger partial charge in [-0.3, -0.25) is 9.69 Å². The van der Waals surface area contributed by atoms with E-state index in [4.69, 9.17) is 4.98 Å². The summed E-state index contributed by atoms with van der Waals surface area (Å²) in [5.74, 6) is 0.937. The molecular weight excluding hydrogens is 701 g/mol. The Bertz CT molecular complexity index is 1480. The predicted molar refractivity (Wildman–Crippen MR) is 234 cm³/mol. The molecule has 3 aromatic rings. The van der Waals surface area contributed by atoms with Crippen LogP contribution in [0.1, 0.15) is 157 Å². The number of imidazole rings is 1. The van der Waals surface area contributed by atoms with E-state index < -0.39 is 6.10 Å². The second-order valence-corrected chi connectivity index (χ2v) is 17.0. The molecule has 2 aromatic heterocycles. The Kier molecular flexibility index (Phi) is 23.8. The molecule has 3 atom stereocenters. The molecule has 0 saturated heterocycles. The molecule has 0 aliphatic heterocycles. The maximum absolute atomic E-state index is 13.2. The fraction of sp³-hybridized carbons (Fsp3) is 0.761. The highest BCUT2D eigenvalue weighted by molar-refractivity contribution is 6.09. The van der Waals surface area contributed by atoms with Crippen LogP contribution >= 0.6 is 0 Å². The molecule has 2 heterocycles. The van der Waals surface area contributed by atoms with Gasteiger partial charge in [-0.05, 0) is 70.6 Å². The van der Waals surface area contributed by atoms with Crippen LogP contribution in [0.4, 0.5) is 5.82 Å². The van der Waals surface area contributed by atoms with Crippen LogP contribution in [0, 0.1) is 5.92 Å². The molecule has 3 rings (SSSR count). The highest BCUT2D eigenvalue weighted by Gasteiger charge is 2.18. The van der Waals surface area contributed by atoms with Gasteiger partial charge in [0.2, 0.25) is 5.91 Å². The zero-order valence-electron chi connectivity index (χ0n) is 36.1. The molecule has 0 radical (unpaired) electrons. The summed E-state index contributed by atoms with van der Waals surface area (Å²) in [7, 11) is 0. The summed E-state index contributed by atoms with van der Waals surface area (Å²) in [4.78, 5) is 27.3. The van der Waals surface area contributed by atoms with Crippen molar-refractivity contribution in [2.75, 3.05) is 44.6 Å². The summed E-state index contributed by atoms with van der Waals surface area (Å²) in [5.41, 5.74) is 2.59. The molecule has 318 valence electrons. The summed E-state index contributed by atoms with van der Waals surface area (Å²) in [5, 5.41) is 36.2. The van der Waals surface area contributed by atoms with Crippen molar-refractivity contribution in [1.82, 2.24) is 24.3 Å². The molecule has 0 aliphatic rings. The van der Waals surface area contributed by atoms with Crippen LogP contribution in [0.15, 0.2) is 30.6 Å². The average molecular weight is 781 g/mol. The number of para-hydroxylation sites is 1. The maximum atomic E-state index is 13.2. The largest absolute Gasteiger partial charge is 0.392 e. The highest BCUT2D eigenvalue weighted by Crippen LogP contribution is 2.29. The van der Waals surface area contributed by atoms with E-state index in [-0.39, 0.29) is 18.1 Å². The van der Waals surface area contributed by atoms with Crippen LogP contribution in [0.2, 0.25) is 0 Å². The number of aliphatic hydroxyl groups is 3. The number of carbonyl (C=O) groups excluding carboxylic acids is 1. The Morgan fingerprint density at radius 2 is 1.29 bits per heavy atom. The third-order valence-corrected chi connectivity index (χ3v) is 10.8. The Labute approximate surface area is 339 Å². The number of unbranched alkanes of at least 4 members (excludes halogenated alkanes) is 12. The number of amides is 1. The van der Waals surface area contributed by atoms with Crippen LogP contribution in [0.5, 0.6) is 0 Å². The molecule has 3 unspecified atom stereocenters. The number of fused-ring (bicyclic) bond motifs is 3. The maximum Gasteiger partial charge on any atom is 0.225 e. The van der Waals surface area contributed by atoms with E-state index in [0.29, 0.717) is 37.8 Å². The Hall–Kier alpha value is -2.63. The van der Waals surface area contributed by atoms with Gasteiger partial charge in [0.25, 0.3) is 0 Å². The fourth-order valence-electron chi connectivity index (χ4n) is 7.94. The minimum absolute atomic E-state index is 0.0458. The number of pyridine rings is 1. The van der Waals surface area contributed by atoms with Crippen molar-refractivity contribution in [2.24, 2.45) is 5.92 Å². The number of rotatable bonds is 33.